The predicted octanol–water partition coefficient (Wildman–Crippen LogP) is 3.54. The van der Waals surface area contributed by atoms with E-state index >= 15 is 0 Å². The summed E-state index contributed by atoms with van der Waals surface area (Å²) in [6, 6.07) is 11.7. The Labute approximate surface area is 126 Å². The zero-order valence-electron chi connectivity index (χ0n) is 13.0. The molecule has 0 heterocycles. The summed E-state index contributed by atoms with van der Waals surface area (Å²) in [6.45, 7) is 4.61. The molecule has 3 nitrogen and oxygen atoms in total. The Morgan fingerprint density at radius 1 is 1.00 bits per heavy atom. The molecule has 0 saturated heterocycles. The molecule has 0 bridgehead atoms. The molecule has 0 spiro atoms. The van der Waals surface area contributed by atoms with Crippen molar-refractivity contribution in [1.82, 2.24) is 0 Å². The van der Waals surface area contributed by atoms with Crippen LogP contribution in [0.3, 0.4) is 0 Å². The van der Waals surface area contributed by atoms with Crippen LogP contribution in [0.1, 0.15) is 33.9 Å². The second-order valence-corrected chi connectivity index (χ2v) is 5.21. The van der Waals surface area contributed by atoms with Crippen LogP contribution in [-0.2, 0) is 11.3 Å². The van der Waals surface area contributed by atoms with Gasteiger partial charge in [-0.05, 0) is 36.1 Å². The van der Waals surface area contributed by atoms with Gasteiger partial charge in [-0.25, -0.2) is 0 Å². The molecule has 0 aliphatic heterocycles. The molecule has 0 aliphatic rings. The highest BCUT2D eigenvalue weighted by Crippen LogP contribution is 2.34. The highest BCUT2D eigenvalue weighted by molar-refractivity contribution is 5.48. The summed E-state index contributed by atoms with van der Waals surface area (Å²) >= 11 is 0. The van der Waals surface area contributed by atoms with Gasteiger partial charge in [-0.15, -0.1) is 0 Å². The summed E-state index contributed by atoms with van der Waals surface area (Å²) in [4.78, 5) is 0. The third kappa shape index (κ3) is 3.26. The van der Waals surface area contributed by atoms with E-state index in [0.29, 0.717) is 6.61 Å². The van der Waals surface area contributed by atoms with Crippen LogP contribution in [0, 0.1) is 13.8 Å². The van der Waals surface area contributed by atoms with Crippen molar-refractivity contribution in [1.29, 1.82) is 0 Å². The minimum Gasteiger partial charge on any atom is -0.496 e. The summed E-state index contributed by atoms with van der Waals surface area (Å²) in [7, 11) is 3.31. The Balaban J connectivity index is 2.35. The predicted molar refractivity (Wildman–Crippen MR) is 83.7 cm³/mol. The Morgan fingerprint density at radius 3 is 2.24 bits per heavy atom. The quantitative estimate of drug-likeness (QED) is 0.913. The molecule has 3 heteroatoms. The number of methoxy groups -OCH3 is 2. The van der Waals surface area contributed by atoms with Crippen LogP contribution in [0.25, 0.3) is 0 Å². The molecule has 0 aliphatic carbocycles. The van der Waals surface area contributed by atoms with Crippen molar-refractivity contribution in [3.63, 3.8) is 0 Å². The summed E-state index contributed by atoms with van der Waals surface area (Å²) in [5.74, 6) is 0.753. The maximum atomic E-state index is 10.6. The van der Waals surface area contributed by atoms with E-state index in [0.717, 1.165) is 33.6 Å². The van der Waals surface area contributed by atoms with Crippen LogP contribution < -0.4 is 4.74 Å². The van der Waals surface area contributed by atoms with Gasteiger partial charge in [0.15, 0.2) is 0 Å². The van der Waals surface area contributed by atoms with E-state index in [4.69, 9.17) is 9.47 Å². The van der Waals surface area contributed by atoms with Gasteiger partial charge in [0.2, 0.25) is 0 Å². The molecule has 0 aromatic heterocycles. The molecule has 1 unspecified atom stereocenters. The van der Waals surface area contributed by atoms with Gasteiger partial charge in [0.25, 0.3) is 0 Å². The van der Waals surface area contributed by atoms with Crippen LogP contribution in [-0.4, -0.2) is 19.3 Å². The number of aryl methyl sites for hydroxylation is 1. The zero-order chi connectivity index (χ0) is 15.4. The average Bonchev–Trinajstić information content (AvgIpc) is 2.50. The van der Waals surface area contributed by atoms with Gasteiger partial charge in [-0.1, -0.05) is 36.4 Å². The van der Waals surface area contributed by atoms with Crippen LogP contribution in [0.4, 0.5) is 0 Å². The zero-order valence-corrected chi connectivity index (χ0v) is 13.0. The lowest BCUT2D eigenvalue weighted by atomic mass is 9.96. The Kier molecular flexibility index (Phi) is 4.99. The lowest BCUT2D eigenvalue weighted by Crippen LogP contribution is -2.04. The molecule has 1 atom stereocenters. The fraction of sp³-hybridized carbons (Fsp3) is 0.333. The second-order valence-electron chi connectivity index (χ2n) is 5.21. The van der Waals surface area contributed by atoms with Crippen molar-refractivity contribution in [2.45, 2.75) is 26.6 Å². The molecule has 2 aromatic rings. The topological polar surface area (TPSA) is 38.7 Å². The van der Waals surface area contributed by atoms with Gasteiger partial charge in [0.05, 0.1) is 13.7 Å². The van der Waals surface area contributed by atoms with Crippen molar-refractivity contribution < 1.29 is 14.6 Å². The molecule has 0 radical (unpaired) electrons. The number of aliphatic hydroxyl groups excluding tert-OH is 1. The number of hydrogen-bond acceptors (Lipinski definition) is 3. The van der Waals surface area contributed by atoms with E-state index < -0.39 is 6.10 Å². The maximum Gasteiger partial charge on any atom is 0.128 e. The highest BCUT2D eigenvalue weighted by Gasteiger charge is 2.17. The van der Waals surface area contributed by atoms with Gasteiger partial charge in [-0.3, -0.25) is 0 Å². The highest BCUT2D eigenvalue weighted by atomic mass is 16.5. The van der Waals surface area contributed by atoms with Crippen molar-refractivity contribution in [3.8, 4) is 5.75 Å². The maximum absolute atomic E-state index is 10.6. The van der Waals surface area contributed by atoms with Gasteiger partial charge in [-0.2, -0.15) is 0 Å². The van der Waals surface area contributed by atoms with E-state index in [1.165, 1.54) is 0 Å². The molecule has 112 valence electrons. The molecule has 0 amide bonds. The lowest BCUT2D eigenvalue weighted by molar-refractivity contribution is 0.184. The van der Waals surface area contributed by atoms with E-state index in [2.05, 4.69) is 0 Å². The fourth-order valence-corrected chi connectivity index (χ4v) is 2.44. The summed E-state index contributed by atoms with van der Waals surface area (Å²) in [5, 5.41) is 10.6. The Hall–Kier alpha value is -1.84. The van der Waals surface area contributed by atoms with E-state index in [9.17, 15) is 5.11 Å². The SMILES string of the molecule is COCc1ccc(C(O)c2ccc(C)c(C)c2OC)cc1. The largest absolute Gasteiger partial charge is 0.496 e. The summed E-state index contributed by atoms with van der Waals surface area (Å²) in [5.41, 5.74) is 4.93. The van der Waals surface area contributed by atoms with Gasteiger partial charge in [0, 0.05) is 12.7 Å². The van der Waals surface area contributed by atoms with E-state index in [1.807, 2.05) is 50.2 Å². The first kappa shape index (κ1) is 15.5. The van der Waals surface area contributed by atoms with Crippen LogP contribution in [0.15, 0.2) is 36.4 Å². The molecule has 21 heavy (non-hydrogen) atoms. The van der Waals surface area contributed by atoms with Crippen LogP contribution >= 0.6 is 0 Å². The summed E-state index contributed by atoms with van der Waals surface area (Å²) in [6.07, 6.45) is -0.698. The Morgan fingerprint density at radius 2 is 1.67 bits per heavy atom. The van der Waals surface area contributed by atoms with Gasteiger partial charge < -0.3 is 14.6 Å². The third-order valence-electron chi connectivity index (χ3n) is 3.81. The molecular formula is C18H22O3. The normalized spacial score (nSPS) is 12.2. The van der Waals surface area contributed by atoms with Gasteiger partial charge in [0.1, 0.15) is 11.9 Å². The van der Waals surface area contributed by atoms with Crippen molar-refractivity contribution in [3.05, 3.63) is 64.2 Å². The molecule has 0 saturated carbocycles. The minimum atomic E-state index is -0.698. The third-order valence-corrected chi connectivity index (χ3v) is 3.81. The first-order chi connectivity index (χ1) is 10.1. The first-order valence-electron chi connectivity index (χ1n) is 6.98. The number of benzene rings is 2. The number of hydrogen-bond donors (Lipinski definition) is 1. The van der Waals surface area contributed by atoms with Crippen molar-refractivity contribution >= 4 is 0 Å². The first-order valence-corrected chi connectivity index (χ1v) is 6.98. The monoisotopic (exact) mass is 286 g/mol. The van der Waals surface area contributed by atoms with E-state index in [-0.39, 0.29) is 0 Å². The van der Waals surface area contributed by atoms with Gasteiger partial charge >= 0.3 is 0 Å². The standard InChI is InChI=1S/C18H22O3/c1-12-5-10-16(18(21-4)13(12)2)17(19)15-8-6-14(7-9-15)11-20-3/h5-10,17,19H,11H2,1-4H3. The van der Waals surface area contributed by atoms with Crippen LogP contribution in [0.2, 0.25) is 0 Å². The van der Waals surface area contributed by atoms with Crippen molar-refractivity contribution in [2.75, 3.05) is 14.2 Å². The number of aliphatic hydroxyl groups is 1. The fourth-order valence-electron chi connectivity index (χ4n) is 2.44. The molecule has 0 fully saturated rings. The smallest absolute Gasteiger partial charge is 0.128 e. The van der Waals surface area contributed by atoms with Crippen molar-refractivity contribution in [2.24, 2.45) is 0 Å². The average molecular weight is 286 g/mol. The number of rotatable bonds is 5. The lowest BCUT2D eigenvalue weighted by Gasteiger charge is -2.18. The molecule has 2 rings (SSSR count). The second kappa shape index (κ2) is 6.74. The number of ether oxygens (including phenoxy) is 2. The molecular weight excluding hydrogens is 264 g/mol. The summed E-state index contributed by atoms with van der Waals surface area (Å²) < 4.78 is 10.6. The minimum absolute atomic E-state index is 0.573. The molecule has 2 aromatic carbocycles. The molecule has 1 N–H and O–H groups in total. The van der Waals surface area contributed by atoms with Crippen LogP contribution in [0.5, 0.6) is 5.75 Å². The van der Waals surface area contributed by atoms with E-state index in [1.54, 1.807) is 14.2 Å². The Bertz CT molecular complexity index is 603.